The van der Waals surface area contributed by atoms with Gasteiger partial charge in [0.1, 0.15) is 10.7 Å². The quantitative estimate of drug-likeness (QED) is 0.699. The van der Waals surface area contributed by atoms with E-state index in [4.69, 9.17) is 4.74 Å². The highest BCUT2D eigenvalue weighted by Gasteiger charge is 2.17. The lowest BCUT2D eigenvalue weighted by Gasteiger charge is -2.11. The summed E-state index contributed by atoms with van der Waals surface area (Å²) in [6, 6.07) is 3.10. The zero-order chi connectivity index (χ0) is 14.3. The Morgan fingerprint density at radius 1 is 1.42 bits per heavy atom. The first-order valence-corrected chi connectivity index (χ1v) is 7.66. The van der Waals surface area contributed by atoms with Crippen LogP contribution in [0.25, 0.3) is 0 Å². The molecule has 6 nitrogen and oxygen atoms in total. The number of nitrogens with zero attached hydrogens (tertiary/aromatic N) is 1. The van der Waals surface area contributed by atoms with Crippen LogP contribution >= 0.6 is 0 Å². The molecule has 0 aliphatic heterocycles. The van der Waals surface area contributed by atoms with Crippen molar-refractivity contribution >= 4 is 15.8 Å². The van der Waals surface area contributed by atoms with Crippen molar-refractivity contribution in [3.8, 4) is 0 Å². The number of anilines is 1. The van der Waals surface area contributed by atoms with Gasteiger partial charge in [0.2, 0.25) is 10.0 Å². The Labute approximate surface area is 114 Å². The van der Waals surface area contributed by atoms with Crippen LogP contribution < -0.4 is 10.0 Å². The molecule has 1 aromatic heterocycles. The molecule has 0 fully saturated rings. The summed E-state index contributed by atoms with van der Waals surface area (Å²) in [7, 11) is -1.93. The highest BCUT2D eigenvalue weighted by atomic mass is 32.2. The lowest BCUT2D eigenvalue weighted by atomic mass is 10.2. The molecule has 0 bridgehead atoms. The molecule has 1 rings (SSSR count). The Kier molecular flexibility index (Phi) is 6.20. The average molecular weight is 287 g/mol. The molecule has 0 aliphatic rings. The maximum Gasteiger partial charge on any atom is 0.244 e. The lowest BCUT2D eigenvalue weighted by Crippen LogP contribution is -2.28. The van der Waals surface area contributed by atoms with Gasteiger partial charge in [-0.2, -0.15) is 0 Å². The van der Waals surface area contributed by atoms with Gasteiger partial charge in [0.05, 0.1) is 6.61 Å². The number of rotatable bonds is 8. The van der Waals surface area contributed by atoms with Crippen molar-refractivity contribution < 1.29 is 13.2 Å². The van der Waals surface area contributed by atoms with Crippen molar-refractivity contribution in [1.29, 1.82) is 0 Å². The minimum Gasteiger partial charge on any atom is -0.380 e. The number of hydrogen-bond acceptors (Lipinski definition) is 5. The molecule has 0 aromatic carbocycles. The SMILES string of the molecule is CNc1ncccc1S(=O)(=O)NCCOCC(C)C. The van der Waals surface area contributed by atoms with Crippen molar-refractivity contribution in [2.75, 3.05) is 32.1 Å². The molecule has 7 heteroatoms. The average Bonchev–Trinajstić information content (AvgIpc) is 2.37. The van der Waals surface area contributed by atoms with Crippen LogP contribution in [0, 0.1) is 5.92 Å². The molecule has 0 saturated carbocycles. The fourth-order valence-corrected chi connectivity index (χ4v) is 2.61. The molecule has 0 aliphatic carbocycles. The van der Waals surface area contributed by atoms with E-state index >= 15 is 0 Å². The second-order valence-electron chi connectivity index (χ2n) is 4.47. The molecule has 0 spiro atoms. The molecule has 0 amide bonds. The first-order valence-electron chi connectivity index (χ1n) is 6.17. The summed E-state index contributed by atoms with van der Waals surface area (Å²) in [5.41, 5.74) is 0. The number of ether oxygens (including phenoxy) is 1. The van der Waals surface area contributed by atoms with Gasteiger partial charge in [-0.3, -0.25) is 0 Å². The topological polar surface area (TPSA) is 80.3 Å². The van der Waals surface area contributed by atoms with Gasteiger partial charge in [0.15, 0.2) is 0 Å². The summed E-state index contributed by atoms with van der Waals surface area (Å²) in [5, 5.41) is 2.76. The van der Waals surface area contributed by atoms with Crippen LogP contribution in [0.2, 0.25) is 0 Å². The molecule has 108 valence electrons. The number of pyridine rings is 1. The van der Waals surface area contributed by atoms with Crippen LogP contribution in [0.1, 0.15) is 13.8 Å². The van der Waals surface area contributed by atoms with E-state index in [0.29, 0.717) is 24.9 Å². The number of hydrogen-bond donors (Lipinski definition) is 2. The zero-order valence-electron chi connectivity index (χ0n) is 11.5. The van der Waals surface area contributed by atoms with Gasteiger partial charge in [-0.1, -0.05) is 13.8 Å². The maximum atomic E-state index is 12.1. The molecule has 0 atom stereocenters. The van der Waals surface area contributed by atoms with Crippen molar-refractivity contribution in [2.45, 2.75) is 18.7 Å². The van der Waals surface area contributed by atoms with Crippen LogP contribution in [0.3, 0.4) is 0 Å². The number of sulfonamides is 1. The van der Waals surface area contributed by atoms with E-state index in [1.807, 2.05) is 13.8 Å². The standard InChI is InChI=1S/C12H21N3O3S/c1-10(2)9-18-8-7-15-19(16,17)11-5-4-6-14-12(11)13-3/h4-6,10,15H,7-9H2,1-3H3,(H,13,14). The maximum absolute atomic E-state index is 12.1. The predicted octanol–water partition coefficient (Wildman–Crippen LogP) is 1.07. The zero-order valence-corrected chi connectivity index (χ0v) is 12.3. The summed E-state index contributed by atoms with van der Waals surface area (Å²) in [6.45, 7) is 5.30. The van der Waals surface area contributed by atoms with Gasteiger partial charge in [0, 0.05) is 26.4 Å². The fourth-order valence-electron chi connectivity index (χ4n) is 1.44. The van der Waals surface area contributed by atoms with Gasteiger partial charge in [0.25, 0.3) is 0 Å². The Hall–Kier alpha value is -1.18. The third-order valence-electron chi connectivity index (χ3n) is 2.29. The highest BCUT2D eigenvalue weighted by molar-refractivity contribution is 7.89. The molecule has 0 saturated heterocycles. The van der Waals surface area contributed by atoms with Crippen LogP contribution in [0.4, 0.5) is 5.82 Å². The molecule has 1 heterocycles. The third kappa shape index (κ3) is 5.14. The van der Waals surface area contributed by atoms with Crippen LogP contribution in [-0.2, 0) is 14.8 Å². The molecular formula is C12H21N3O3S. The van der Waals surface area contributed by atoms with E-state index in [1.54, 1.807) is 13.1 Å². The summed E-state index contributed by atoms with van der Waals surface area (Å²) in [5.74, 6) is 0.768. The van der Waals surface area contributed by atoms with Crippen molar-refractivity contribution in [3.05, 3.63) is 18.3 Å². The van der Waals surface area contributed by atoms with Gasteiger partial charge in [-0.25, -0.2) is 18.1 Å². The molecule has 2 N–H and O–H groups in total. The van der Waals surface area contributed by atoms with E-state index in [-0.39, 0.29) is 11.4 Å². The summed E-state index contributed by atoms with van der Waals surface area (Å²) in [4.78, 5) is 4.11. The summed E-state index contributed by atoms with van der Waals surface area (Å²) < 4.78 is 31.9. The Bertz CT molecular complexity index is 489. The minimum absolute atomic E-state index is 0.140. The first-order chi connectivity index (χ1) is 8.97. The first kappa shape index (κ1) is 15.9. The van der Waals surface area contributed by atoms with Crippen LogP contribution in [0.5, 0.6) is 0 Å². The van der Waals surface area contributed by atoms with Gasteiger partial charge < -0.3 is 10.1 Å². The molecule has 1 aromatic rings. The van der Waals surface area contributed by atoms with Gasteiger partial charge in [-0.15, -0.1) is 0 Å². The Morgan fingerprint density at radius 2 is 2.16 bits per heavy atom. The Morgan fingerprint density at radius 3 is 2.79 bits per heavy atom. The summed E-state index contributed by atoms with van der Waals surface area (Å²) in [6.07, 6.45) is 1.54. The fraction of sp³-hybridized carbons (Fsp3) is 0.583. The smallest absolute Gasteiger partial charge is 0.244 e. The lowest BCUT2D eigenvalue weighted by molar-refractivity contribution is 0.114. The minimum atomic E-state index is -3.56. The second-order valence-corrected chi connectivity index (χ2v) is 6.20. The highest BCUT2D eigenvalue weighted by Crippen LogP contribution is 2.16. The predicted molar refractivity (Wildman–Crippen MR) is 74.6 cm³/mol. The van der Waals surface area contributed by atoms with E-state index in [2.05, 4.69) is 15.0 Å². The number of nitrogens with one attached hydrogen (secondary N) is 2. The van der Waals surface area contributed by atoms with Crippen LogP contribution in [0.15, 0.2) is 23.2 Å². The van der Waals surface area contributed by atoms with Crippen LogP contribution in [-0.4, -0.2) is 40.2 Å². The summed E-state index contributed by atoms with van der Waals surface area (Å²) >= 11 is 0. The molecular weight excluding hydrogens is 266 g/mol. The Balaban J connectivity index is 2.56. The van der Waals surface area contributed by atoms with E-state index in [0.717, 1.165) is 0 Å². The van der Waals surface area contributed by atoms with E-state index in [9.17, 15) is 8.42 Å². The monoisotopic (exact) mass is 287 g/mol. The third-order valence-corrected chi connectivity index (χ3v) is 3.78. The van der Waals surface area contributed by atoms with Crippen molar-refractivity contribution in [2.24, 2.45) is 5.92 Å². The van der Waals surface area contributed by atoms with Crippen molar-refractivity contribution in [3.63, 3.8) is 0 Å². The molecule has 19 heavy (non-hydrogen) atoms. The molecule has 0 radical (unpaired) electrons. The van der Waals surface area contributed by atoms with Crippen molar-refractivity contribution in [1.82, 2.24) is 9.71 Å². The van der Waals surface area contributed by atoms with E-state index in [1.165, 1.54) is 12.3 Å². The second kappa shape index (κ2) is 7.42. The largest absolute Gasteiger partial charge is 0.380 e. The number of aromatic nitrogens is 1. The van der Waals surface area contributed by atoms with Gasteiger partial charge in [-0.05, 0) is 18.1 Å². The van der Waals surface area contributed by atoms with Gasteiger partial charge >= 0.3 is 0 Å². The molecule has 0 unspecified atom stereocenters. The van der Waals surface area contributed by atoms with E-state index < -0.39 is 10.0 Å². The normalized spacial score (nSPS) is 11.8.